The van der Waals surface area contributed by atoms with Crippen molar-refractivity contribution in [3.8, 4) is 0 Å². The van der Waals surface area contributed by atoms with Gasteiger partial charge in [-0.2, -0.15) is 0 Å². The minimum Gasteiger partial charge on any atom is -1.00 e. The molecule has 1 heterocycles. The summed E-state index contributed by atoms with van der Waals surface area (Å²) in [5.74, 6) is 1.77. The number of hydrogen-bond donors (Lipinski definition) is 0. The third-order valence-electron chi connectivity index (χ3n) is 4.27. The van der Waals surface area contributed by atoms with Crippen molar-refractivity contribution in [3.63, 3.8) is 0 Å². The summed E-state index contributed by atoms with van der Waals surface area (Å²) in [5, 5.41) is 0. The lowest BCUT2D eigenvalue weighted by Gasteiger charge is -2.19. The minimum atomic E-state index is 0. The van der Waals surface area contributed by atoms with Gasteiger partial charge >= 0.3 is 0 Å². The predicted molar refractivity (Wildman–Crippen MR) is 106 cm³/mol. The van der Waals surface area contributed by atoms with Gasteiger partial charge in [0.1, 0.15) is 25.6 Å². The topological polar surface area (TPSA) is 15.5 Å². The van der Waals surface area contributed by atoms with Crippen LogP contribution in [0.1, 0.15) is 12.5 Å². The largest absolute Gasteiger partial charge is 1.00 e. The first kappa shape index (κ1) is 20.2. The van der Waals surface area contributed by atoms with Crippen molar-refractivity contribution in [2.24, 2.45) is 0 Å². The van der Waals surface area contributed by atoms with Crippen molar-refractivity contribution < 1.29 is 33.3 Å². The molecule has 0 saturated carbocycles. The summed E-state index contributed by atoms with van der Waals surface area (Å²) in [6, 6.07) is 8.43. The van der Waals surface area contributed by atoms with Crippen molar-refractivity contribution >= 4 is 17.2 Å². The molecule has 0 bridgehead atoms. The first-order valence-corrected chi connectivity index (χ1v) is 8.44. The fraction of sp³-hybridized carbons (Fsp3) is 0.227. The molecule has 2 aliphatic rings. The Hall–Kier alpha value is -2.08. The van der Waals surface area contributed by atoms with Crippen LogP contribution in [-0.4, -0.2) is 38.5 Å². The van der Waals surface area contributed by atoms with Gasteiger partial charge in [-0.1, -0.05) is 0 Å². The van der Waals surface area contributed by atoms with Crippen LogP contribution in [0.2, 0.25) is 0 Å². The Kier molecular flexibility index (Phi) is 6.64. The molecule has 3 nitrogen and oxygen atoms in total. The molecule has 0 amide bonds. The Morgan fingerprint density at radius 3 is 2.04 bits per heavy atom. The number of benzene rings is 1. The van der Waals surface area contributed by atoms with Crippen LogP contribution in [-0.2, 0) is 4.74 Å². The third kappa shape index (κ3) is 4.55. The second kappa shape index (κ2) is 8.54. The molecule has 1 aliphatic heterocycles. The molecule has 1 aliphatic carbocycles. The number of ether oxygens (including phenoxy) is 1. The third-order valence-corrected chi connectivity index (χ3v) is 4.27. The Labute approximate surface area is 173 Å². The van der Waals surface area contributed by atoms with Crippen LogP contribution in [0.5, 0.6) is 0 Å². The van der Waals surface area contributed by atoms with E-state index in [2.05, 4.69) is 77.1 Å². The lowest BCUT2D eigenvalue weighted by atomic mass is 10.0. The van der Waals surface area contributed by atoms with Crippen LogP contribution in [0.15, 0.2) is 77.6 Å². The summed E-state index contributed by atoms with van der Waals surface area (Å²) in [7, 11) is 8.17. The minimum absolute atomic E-state index is 0. The van der Waals surface area contributed by atoms with Crippen molar-refractivity contribution in [2.45, 2.75) is 6.92 Å². The maximum atomic E-state index is 6.20. The van der Waals surface area contributed by atoms with Gasteiger partial charge in [-0.3, -0.25) is 0 Å². The van der Waals surface area contributed by atoms with Gasteiger partial charge in [0.05, 0.1) is 0 Å². The van der Waals surface area contributed by atoms with E-state index in [0.717, 1.165) is 22.7 Å². The van der Waals surface area contributed by atoms with Crippen LogP contribution >= 0.6 is 0 Å². The molecule has 0 fully saturated rings. The molecule has 0 saturated heterocycles. The first-order chi connectivity index (χ1) is 11.9. The van der Waals surface area contributed by atoms with E-state index in [1.165, 1.54) is 17.0 Å². The molecule has 0 N–H and O–H groups in total. The highest BCUT2D eigenvalue weighted by molar-refractivity contribution is 6.02. The van der Waals surface area contributed by atoms with E-state index in [1.807, 2.05) is 28.2 Å². The fourth-order valence-corrected chi connectivity index (χ4v) is 2.76. The zero-order valence-corrected chi connectivity index (χ0v) is 18.1. The molecule has 1 aromatic rings. The highest BCUT2D eigenvalue weighted by Gasteiger charge is 2.15. The second-order valence-corrected chi connectivity index (χ2v) is 6.75. The number of allylic oxidation sites excluding steroid dienone is 8. The summed E-state index contributed by atoms with van der Waals surface area (Å²) >= 11 is 0. The van der Waals surface area contributed by atoms with Gasteiger partial charge in [0.2, 0.25) is 0 Å². The monoisotopic (exact) mass is 460 g/mol. The van der Waals surface area contributed by atoms with E-state index in [-0.39, 0.29) is 24.0 Å². The van der Waals surface area contributed by atoms with Crippen LogP contribution in [0, 0.1) is 0 Å². The molecular weight excluding hydrogens is 435 g/mol. The maximum absolute atomic E-state index is 6.20. The van der Waals surface area contributed by atoms with Gasteiger partial charge in [0.25, 0.3) is 0 Å². The predicted octanol–water partition coefficient (Wildman–Crippen LogP) is 1.17. The van der Waals surface area contributed by atoms with Crippen molar-refractivity contribution in [1.82, 2.24) is 0 Å². The lowest BCUT2D eigenvalue weighted by molar-refractivity contribution is -0.462. The molecule has 0 unspecified atom stereocenters. The van der Waals surface area contributed by atoms with Gasteiger partial charge in [0.15, 0.2) is 5.71 Å². The second-order valence-electron chi connectivity index (χ2n) is 6.75. The summed E-state index contributed by atoms with van der Waals surface area (Å²) in [5.41, 5.74) is 5.71. The lowest BCUT2D eigenvalue weighted by Crippen LogP contribution is -3.00. The van der Waals surface area contributed by atoms with E-state index in [1.54, 1.807) is 0 Å². The zero-order valence-electron chi connectivity index (χ0n) is 16.0. The van der Waals surface area contributed by atoms with Crippen LogP contribution < -0.4 is 28.9 Å². The standard InChI is InChI=1S/C22H25N2O.HI/c1-16-14-21(17-6-10-19(11-7-17)23(2)3)25-22(15-16)18-8-12-20(13-9-18)24(4)5;/h6-15H,1-5H3;1H/q+1;/p-1. The van der Waals surface area contributed by atoms with Crippen molar-refractivity contribution in [1.29, 1.82) is 0 Å². The Morgan fingerprint density at radius 2 is 1.50 bits per heavy atom. The smallest absolute Gasteiger partial charge is 0.199 e. The molecule has 0 aromatic heterocycles. The summed E-state index contributed by atoms with van der Waals surface area (Å²) in [4.78, 5) is 2.09. The van der Waals surface area contributed by atoms with E-state index in [0.29, 0.717) is 0 Å². The summed E-state index contributed by atoms with van der Waals surface area (Å²) in [6.45, 7) is 2.10. The van der Waals surface area contributed by atoms with E-state index >= 15 is 0 Å². The Bertz CT molecular complexity index is 844. The maximum Gasteiger partial charge on any atom is 0.199 e. The molecule has 0 atom stereocenters. The van der Waals surface area contributed by atoms with Crippen LogP contribution in [0.25, 0.3) is 5.76 Å². The van der Waals surface area contributed by atoms with E-state index in [9.17, 15) is 0 Å². The summed E-state index contributed by atoms with van der Waals surface area (Å²) in [6.07, 6.45) is 12.6. The zero-order chi connectivity index (χ0) is 18.0. The number of nitrogens with zero attached hydrogens (tertiary/aromatic N) is 2. The van der Waals surface area contributed by atoms with Crippen molar-refractivity contribution in [3.05, 3.63) is 83.2 Å². The average molecular weight is 460 g/mol. The van der Waals surface area contributed by atoms with Gasteiger partial charge in [-0.25, -0.2) is 4.58 Å². The average Bonchev–Trinajstić information content (AvgIpc) is 2.61. The van der Waals surface area contributed by atoms with Gasteiger partial charge in [-0.05, 0) is 61.1 Å². The highest BCUT2D eigenvalue weighted by Crippen LogP contribution is 2.30. The molecule has 26 heavy (non-hydrogen) atoms. The van der Waals surface area contributed by atoms with Gasteiger partial charge < -0.3 is 33.6 Å². The number of anilines is 1. The number of hydrogen-bond acceptors (Lipinski definition) is 2. The van der Waals surface area contributed by atoms with Crippen molar-refractivity contribution in [2.75, 3.05) is 33.1 Å². The molecule has 0 spiro atoms. The first-order valence-electron chi connectivity index (χ1n) is 8.44. The molecule has 136 valence electrons. The molecule has 4 heteroatoms. The van der Waals surface area contributed by atoms with Crippen LogP contribution in [0.4, 0.5) is 5.69 Å². The molecular formula is C22H25IN2O. The molecule has 1 aromatic carbocycles. The van der Waals surface area contributed by atoms with E-state index < -0.39 is 0 Å². The fourth-order valence-electron chi connectivity index (χ4n) is 2.76. The Morgan fingerprint density at radius 1 is 0.885 bits per heavy atom. The van der Waals surface area contributed by atoms with Gasteiger partial charge in [0, 0.05) is 43.1 Å². The molecule has 3 rings (SSSR count). The number of halogens is 1. The molecule has 0 radical (unpaired) electrons. The number of rotatable bonds is 2. The van der Waals surface area contributed by atoms with Gasteiger partial charge in [-0.15, -0.1) is 0 Å². The summed E-state index contributed by atoms with van der Waals surface area (Å²) < 4.78 is 8.30. The SMILES string of the molecule is CC1=CC(=C2C=CC(=[N+](C)C)C=C2)OC(c2ccc(N(C)C)cc2)=C1.[I-]. The van der Waals surface area contributed by atoms with E-state index in [4.69, 9.17) is 4.74 Å². The quantitative estimate of drug-likeness (QED) is 0.487. The van der Waals surface area contributed by atoms with Crippen LogP contribution in [0.3, 0.4) is 0 Å². The Balaban J connectivity index is 0.00000243. The normalized spacial score (nSPS) is 15.8. The highest BCUT2D eigenvalue weighted by atomic mass is 127.